The summed E-state index contributed by atoms with van der Waals surface area (Å²) in [4.78, 5) is 13.0. The molecule has 0 aliphatic rings. The van der Waals surface area contributed by atoms with Crippen LogP contribution in [0.3, 0.4) is 0 Å². The third kappa shape index (κ3) is 3.25. The molecule has 0 radical (unpaired) electrons. The minimum atomic E-state index is -0.122. The van der Waals surface area contributed by atoms with Crippen LogP contribution in [0.25, 0.3) is 0 Å². The fourth-order valence-corrected chi connectivity index (χ4v) is 2.70. The van der Waals surface area contributed by atoms with Crippen molar-refractivity contribution < 1.29 is 4.79 Å². The molecule has 0 fully saturated rings. The molecule has 1 atom stereocenters. The lowest BCUT2D eigenvalue weighted by Gasteiger charge is -2.12. The quantitative estimate of drug-likeness (QED) is 0.885. The molecular formula is C13H11Cl2NOS. The van der Waals surface area contributed by atoms with E-state index in [0.717, 1.165) is 9.21 Å². The molecule has 5 heteroatoms. The van der Waals surface area contributed by atoms with Gasteiger partial charge < -0.3 is 5.32 Å². The van der Waals surface area contributed by atoms with Crippen LogP contribution in [0.15, 0.2) is 36.4 Å². The maximum atomic E-state index is 12.0. The monoisotopic (exact) mass is 299 g/mol. The van der Waals surface area contributed by atoms with Crippen molar-refractivity contribution in [2.45, 2.75) is 13.0 Å². The van der Waals surface area contributed by atoms with E-state index >= 15 is 0 Å². The van der Waals surface area contributed by atoms with Crippen molar-refractivity contribution in [3.8, 4) is 0 Å². The Balaban J connectivity index is 2.05. The lowest BCUT2D eigenvalue weighted by Crippen LogP contribution is -2.25. The van der Waals surface area contributed by atoms with E-state index in [9.17, 15) is 4.79 Å². The summed E-state index contributed by atoms with van der Waals surface area (Å²) in [5.41, 5.74) is 0.592. The summed E-state index contributed by atoms with van der Waals surface area (Å²) in [5, 5.41) is 3.53. The second-order valence-electron chi connectivity index (χ2n) is 3.84. The molecule has 1 aromatic heterocycles. The second kappa shape index (κ2) is 5.74. The van der Waals surface area contributed by atoms with Gasteiger partial charge in [0.05, 0.1) is 10.4 Å². The van der Waals surface area contributed by atoms with E-state index in [-0.39, 0.29) is 11.9 Å². The number of amides is 1. The number of rotatable bonds is 3. The van der Waals surface area contributed by atoms with Crippen LogP contribution >= 0.6 is 34.5 Å². The molecule has 1 heterocycles. The molecule has 0 saturated carbocycles. The van der Waals surface area contributed by atoms with Gasteiger partial charge in [0.2, 0.25) is 0 Å². The van der Waals surface area contributed by atoms with E-state index in [1.807, 2.05) is 19.1 Å². The molecule has 1 amide bonds. The normalized spacial score (nSPS) is 12.2. The van der Waals surface area contributed by atoms with Gasteiger partial charge in [-0.05, 0) is 43.3 Å². The molecule has 0 aliphatic carbocycles. The second-order valence-corrected chi connectivity index (χ2v) is 6.03. The first-order valence-corrected chi connectivity index (χ1v) is 6.95. The SMILES string of the molecule is CC(NC(=O)c1ccc(Cl)cc1)c1ccc(Cl)s1. The molecule has 18 heavy (non-hydrogen) atoms. The number of carbonyl (C=O) groups is 1. The molecule has 1 unspecified atom stereocenters. The first-order chi connectivity index (χ1) is 8.56. The Morgan fingerprint density at radius 2 is 1.83 bits per heavy atom. The van der Waals surface area contributed by atoms with Gasteiger partial charge in [-0.1, -0.05) is 23.2 Å². The number of halogens is 2. The Labute approximate surface area is 120 Å². The Kier molecular flexibility index (Phi) is 4.27. The molecular weight excluding hydrogens is 289 g/mol. The Morgan fingerprint density at radius 3 is 2.39 bits per heavy atom. The number of carbonyl (C=O) groups excluding carboxylic acids is 1. The summed E-state index contributed by atoms with van der Waals surface area (Å²) < 4.78 is 0.720. The highest BCUT2D eigenvalue weighted by Crippen LogP contribution is 2.26. The molecule has 2 nitrogen and oxygen atoms in total. The number of benzene rings is 1. The van der Waals surface area contributed by atoms with Crippen molar-refractivity contribution in [2.24, 2.45) is 0 Å². The van der Waals surface area contributed by atoms with E-state index in [4.69, 9.17) is 23.2 Å². The molecule has 0 bridgehead atoms. The van der Waals surface area contributed by atoms with Crippen LogP contribution in [0, 0.1) is 0 Å². The Bertz CT molecular complexity index is 550. The van der Waals surface area contributed by atoms with Gasteiger partial charge in [-0.3, -0.25) is 4.79 Å². The fourth-order valence-electron chi connectivity index (χ4n) is 1.51. The van der Waals surface area contributed by atoms with E-state index in [1.165, 1.54) is 11.3 Å². The first-order valence-electron chi connectivity index (χ1n) is 5.38. The molecule has 0 spiro atoms. The Hall–Kier alpha value is -1.03. The Morgan fingerprint density at radius 1 is 1.17 bits per heavy atom. The summed E-state index contributed by atoms with van der Waals surface area (Å²) >= 11 is 13.1. The van der Waals surface area contributed by atoms with Crippen LogP contribution in [0.5, 0.6) is 0 Å². The van der Waals surface area contributed by atoms with Gasteiger partial charge in [0.1, 0.15) is 0 Å². The minimum Gasteiger partial charge on any atom is -0.345 e. The maximum Gasteiger partial charge on any atom is 0.251 e. The van der Waals surface area contributed by atoms with Crippen LogP contribution in [0.1, 0.15) is 28.2 Å². The zero-order valence-corrected chi connectivity index (χ0v) is 11.9. The summed E-state index contributed by atoms with van der Waals surface area (Å²) in [6.07, 6.45) is 0. The van der Waals surface area contributed by atoms with Gasteiger partial charge in [0.25, 0.3) is 5.91 Å². The van der Waals surface area contributed by atoms with Crippen molar-refractivity contribution in [3.05, 3.63) is 56.2 Å². The fraction of sp³-hybridized carbons (Fsp3) is 0.154. The van der Waals surface area contributed by atoms with Gasteiger partial charge in [-0.2, -0.15) is 0 Å². The van der Waals surface area contributed by atoms with Crippen molar-refractivity contribution >= 4 is 40.4 Å². The third-order valence-corrected chi connectivity index (χ3v) is 4.14. The largest absolute Gasteiger partial charge is 0.345 e. The van der Waals surface area contributed by atoms with Crippen LogP contribution in [-0.2, 0) is 0 Å². The van der Waals surface area contributed by atoms with E-state index in [0.29, 0.717) is 10.6 Å². The van der Waals surface area contributed by atoms with Crippen molar-refractivity contribution in [3.63, 3.8) is 0 Å². The van der Waals surface area contributed by atoms with Gasteiger partial charge >= 0.3 is 0 Å². The maximum absolute atomic E-state index is 12.0. The molecule has 1 aromatic carbocycles. The molecule has 1 N–H and O–H groups in total. The van der Waals surface area contributed by atoms with Crippen molar-refractivity contribution in [1.29, 1.82) is 0 Å². The highest BCUT2D eigenvalue weighted by atomic mass is 35.5. The van der Waals surface area contributed by atoms with E-state index in [2.05, 4.69) is 5.32 Å². The van der Waals surface area contributed by atoms with E-state index in [1.54, 1.807) is 24.3 Å². The van der Waals surface area contributed by atoms with Gasteiger partial charge in [-0.15, -0.1) is 11.3 Å². The average Bonchev–Trinajstić information content (AvgIpc) is 2.76. The predicted molar refractivity (Wildman–Crippen MR) is 76.7 cm³/mol. The third-order valence-electron chi connectivity index (χ3n) is 2.47. The highest BCUT2D eigenvalue weighted by Gasteiger charge is 2.12. The van der Waals surface area contributed by atoms with Crippen LogP contribution in [0.4, 0.5) is 0 Å². The number of hydrogen-bond acceptors (Lipinski definition) is 2. The molecule has 0 saturated heterocycles. The van der Waals surface area contributed by atoms with Gasteiger partial charge in [-0.25, -0.2) is 0 Å². The van der Waals surface area contributed by atoms with Crippen molar-refractivity contribution in [2.75, 3.05) is 0 Å². The predicted octanol–water partition coefficient (Wildman–Crippen LogP) is 4.55. The zero-order chi connectivity index (χ0) is 13.1. The van der Waals surface area contributed by atoms with Crippen LogP contribution in [0.2, 0.25) is 9.36 Å². The number of hydrogen-bond donors (Lipinski definition) is 1. The van der Waals surface area contributed by atoms with E-state index < -0.39 is 0 Å². The average molecular weight is 300 g/mol. The standard InChI is InChI=1S/C13H11Cl2NOS/c1-8(11-6-7-12(15)18-11)16-13(17)9-2-4-10(14)5-3-9/h2-8H,1H3,(H,16,17). The zero-order valence-electron chi connectivity index (χ0n) is 9.61. The molecule has 0 aliphatic heterocycles. The molecule has 2 aromatic rings. The van der Waals surface area contributed by atoms with Gasteiger partial charge in [0, 0.05) is 15.5 Å². The molecule has 94 valence electrons. The minimum absolute atomic E-state index is 0.0642. The lowest BCUT2D eigenvalue weighted by molar-refractivity contribution is 0.0940. The molecule has 2 rings (SSSR count). The first kappa shape index (κ1) is 13.4. The summed E-state index contributed by atoms with van der Waals surface area (Å²) in [7, 11) is 0. The van der Waals surface area contributed by atoms with Crippen molar-refractivity contribution in [1.82, 2.24) is 5.32 Å². The number of thiophene rings is 1. The van der Waals surface area contributed by atoms with Crippen LogP contribution in [-0.4, -0.2) is 5.91 Å². The highest BCUT2D eigenvalue weighted by molar-refractivity contribution is 7.16. The van der Waals surface area contributed by atoms with Crippen LogP contribution < -0.4 is 5.32 Å². The summed E-state index contributed by atoms with van der Waals surface area (Å²) in [6, 6.07) is 10.5. The lowest BCUT2D eigenvalue weighted by atomic mass is 10.2. The topological polar surface area (TPSA) is 29.1 Å². The summed E-state index contributed by atoms with van der Waals surface area (Å²) in [5.74, 6) is -0.122. The number of nitrogens with one attached hydrogen (secondary N) is 1. The van der Waals surface area contributed by atoms with Gasteiger partial charge in [0.15, 0.2) is 0 Å². The smallest absolute Gasteiger partial charge is 0.251 e. The summed E-state index contributed by atoms with van der Waals surface area (Å²) in [6.45, 7) is 1.93.